The molecule has 0 atom stereocenters. The normalized spacial score (nSPS) is 11.1. The number of rotatable bonds is 1. The van der Waals surface area contributed by atoms with Crippen LogP contribution in [0.2, 0.25) is 0 Å². The minimum Gasteiger partial charge on any atom is -0.307 e. The molecule has 16 heavy (non-hydrogen) atoms. The third-order valence-corrected chi connectivity index (χ3v) is 4.01. The molecule has 0 unspecified atom stereocenters. The molecule has 0 radical (unpaired) electrons. The van der Waals surface area contributed by atoms with Crippen LogP contribution >= 0.6 is 27.3 Å². The summed E-state index contributed by atoms with van der Waals surface area (Å²) in [5.41, 5.74) is 3.53. The zero-order valence-corrected chi connectivity index (χ0v) is 10.5. The van der Waals surface area contributed by atoms with Gasteiger partial charge in [-0.3, -0.25) is 0 Å². The predicted molar refractivity (Wildman–Crippen MR) is 70.4 cm³/mol. The highest BCUT2D eigenvalue weighted by molar-refractivity contribution is 9.10. The summed E-state index contributed by atoms with van der Waals surface area (Å²) in [6.07, 6.45) is 1.52. The van der Waals surface area contributed by atoms with Crippen molar-refractivity contribution in [3.05, 3.63) is 29.0 Å². The molecule has 4 nitrogen and oxygen atoms in total. The predicted octanol–water partition coefficient (Wildman–Crippen LogP) is 2.89. The van der Waals surface area contributed by atoms with Gasteiger partial charge in [-0.15, -0.1) is 11.3 Å². The fraction of sp³-hybridized carbons (Fsp3) is 0. The van der Waals surface area contributed by atoms with Gasteiger partial charge in [0.1, 0.15) is 6.33 Å². The fourth-order valence-electron chi connectivity index (χ4n) is 1.65. The number of nitrogens with two attached hydrogens (primary N) is 1. The summed E-state index contributed by atoms with van der Waals surface area (Å²) in [4.78, 5) is 8.40. The Labute approximate surface area is 104 Å². The van der Waals surface area contributed by atoms with Gasteiger partial charge in [0, 0.05) is 14.6 Å². The Kier molecular flexibility index (Phi) is 2.27. The number of hydrazine groups is 1. The van der Waals surface area contributed by atoms with E-state index in [-0.39, 0.29) is 0 Å². The van der Waals surface area contributed by atoms with Crippen LogP contribution in [0.5, 0.6) is 0 Å². The number of hydrogen-bond donors (Lipinski definition) is 2. The van der Waals surface area contributed by atoms with E-state index in [4.69, 9.17) is 5.84 Å². The smallest absolute Gasteiger partial charge is 0.161 e. The van der Waals surface area contributed by atoms with Gasteiger partial charge in [-0.25, -0.2) is 15.8 Å². The summed E-state index contributed by atoms with van der Waals surface area (Å²) in [6, 6.07) is 6.13. The van der Waals surface area contributed by atoms with Gasteiger partial charge in [-0.2, -0.15) is 0 Å². The molecular weight excluding hydrogens is 288 g/mol. The number of nitrogens with one attached hydrogen (secondary N) is 1. The van der Waals surface area contributed by atoms with E-state index >= 15 is 0 Å². The maximum absolute atomic E-state index is 5.42. The first kappa shape index (κ1) is 9.95. The largest absolute Gasteiger partial charge is 0.307 e. The highest BCUT2D eigenvalue weighted by Gasteiger charge is 2.10. The maximum Gasteiger partial charge on any atom is 0.161 e. The van der Waals surface area contributed by atoms with E-state index in [9.17, 15) is 0 Å². The molecule has 0 bridgehead atoms. The Hall–Kier alpha value is -1.24. The van der Waals surface area contributed by atoms with Gasteiger partial charge in [0.15, 0.2) is 5.82 Å². The van der Waals surface area contributed by atoms with Crippen molar-refractivity contribution in [2.75, 3.05) is 5.43 Å². The molecular formula is C10H7BrN4S. The molecule has 0 aliphatic carbocycles. The third-order valence-electron chi connectivity index (χ3n) is 2.35. The summed E-state index contributed by atoms with van der Waals surface area (Å²) in [6.45, 7) is 0. The lowest BCUT2D eigenvalue weighted by Gasteiger charge is -1.97. The van der Waals surface area contributed by atoms with Crippen molar-refractivity contribution in [1.82, 2.24) is 9.97 Å². The second-order valence-electron chi connectivity index (χ2n) is 3.29. The van der Waals surface area contributed by atoms with Crippen LogP contribution in [-0.4, -0.2) is 9.97 Å². The summed E-state index contributed by atoms with van der Waals surface area (Å²) >= 11 is 5.09. The average molecular weight is 295 g/mol. The number of anilines is 1. The summed E-state index contributed by atoms with van der Waals surface area (Å²) in [5, 5.41) is 1.12. The van der Waals surface area contributed by atoms with E-state index in [0.717, 1.165) is 20.1 Å². The molecule has 2 aromatic heterocycles. The van der Waals surface area contributed by atoms with Crippen molar-refractivity contribution in [3.63, 3.8) is 0 Å². The van der Waals surface area contributed by atoms with Gasteiger partial charge >= 0.3 is 0 Å². The lowest BCUT2D eigenvalue weighted by Crippen LogP contribution is -2.08. The Morgan fingerprint density at radius 3 is 3.00 bits per heavy atom. The molecule has 0 fully saturated rings. The minimum absolute atomic E-state index is 0.669. The molecule has 3 rings (SSSR count). The number of fused-ring (bicyclic) bond motifs is 3. The second-order valence-corrected chi connectivity index (χ2v) is 5.25. The first-order valence-corrected chi connectivity index (χ1v) is 6.20. The lowest BCUT2D eigenvalue weighted by atomic mass is 10.2. The topological polar surface area (TPSA) is 63.8 Å². The van der Waals surface area contributed by atoms with Crippen molar-refractivity contribution in [2.45, 2.75) is 0 Å². The van der Waals surface area contributed by atoms with Crippen LogP contribution < -0.4 is 11.3 Å². The molecule has 6 heteroatoms. The highest BCUT2D eigenvalue weighted by atomic mass is 79.9. The number of thiophene rings is 1. The van der Waals surface area contributed by atoms with Crippen molar-refractivity contribution < 1.29 is 0 Å². The Morgan fingerprint density at radius 1 is 1.31 bits per heavy atom. The molecule has 0 amide bonds. The Balaban J connectivity index is 2.50. The monoisotopic (exact) mass is 294 g/mol. The number of halogens is 1. The lowest BCUT2D eigenvalue weighted by molar-refractivity contribution is 1.19. The van der Waals surface area contributed by atoms with Gasteiger partial charge in [-0.1, -0.05) is 15.9 Å². The van der Waals surface area contributed by atoms with Crippen LogP contribution in [0, 0.1) is 0 Å². The first-order chi connectivity index (χ1) is 7.79. The van der Waals surface area contributed by atoms with Gasteiger partial charge in [0.25, 0.3) is 0 Å². The zero-order chi connectivity index (χ0) is 11.1. The van der Waals surface area contributed by atoms with Crippen molar-refractivity contribution in [2.24, 2.45) is 5.84 Å². The molecule has 80 valence electrons. The van der Waals surface area contributed by atoms with Crippen LogP contribution in [-0.2, 0) is 0 Å². The van der Waals surface area contributed by atoms with E-state index < -0.39 is 0 Å². The van der Waals surface area contributed by atoms with E-state index in [1.807, 2.05) is 6.07 Å². The maximum atomic E-state index is 5.42. The zero-order valence-electron chi connectivity index (χ0n) is 8.07. The first-order valence-electron chi connectivity index (χ1n) is 4.59. The van der Waals surface area contributed by atoms with E-state index in [1.54, 1.807) is 11.3 Å². The second kappa shape index (κ2) is 3.65. The third kappa shape index (κ3) is 1.38. The molecule has 0 saturated heterocycles. The summed E-state index contributed by atoms with van der Waals surface area (Å²) in [5.74, 6) is 6.09. The SMILES string of the molecule is NNc1ncnc2c1sc1ccc(Br)cc12. The Bertz CT molecular complexity index is 679. The molecule has 0 spiro atoms. The number of nitrogens with zero attached hydrogens (tertiary/aromatic N) is 2. The van der Waals surface area contributed by atoms with Crippen LogP contribution in [0.3, 0.4) is 0 Å². The van der Waals surface area contributed by atoms with Gasteiger partial charge < -0.3 is 5.43 Å². The van der Waals surface area contributed by atoms with E-state index in [1.165, 1.54) is 11.0 Å². The summed E-state index contributed by atoms with van der Waals surface area (Å²) in [7, 11) is 0. The van der Waals surface area contributed by atoms with Crippen molar-refractivity contribution in [1.29, 1.82) is 0 Å². The van der Waals surface area contributed by atoms with E-state index in [2.05, 4.69) is 43.5 Å². The number of hydrogen-bond acceptors (Lipinski definition) is 5. The van der Waals surface area contributed by atoms with Crippen molar-refractivity contribution >= 4 is 53.4 Å². The minimum atomic E-state index is 0.669. The van der Waals surface area contributed by atoms with Gasteiger partial charge in [0.05, 0.1) is 10.2 Å². The summed E-state index contributed by atoms with van der Waals surface area (Å²) < 4.78 is 3.20. The number of aromatic nitrogens is 2. The molecule has 0 aliphatic rings. The number of nitrogen functional groups attached to an aromatic ring is 1. The van der Waals surface area contributed by atoms with Crippen LogP contribution in [0.15, 0.2) is 29.0 Å². The number of benzene rings is 1. The molecule has 2 heterocycles. The molecule has 1 aromatic carbocycles. The average Bonchev–Trinajstić information content (AvgIpc) is 2.67. The van der Waals surface area contributed by atoms with Crippen LogP contribution in [0.25, 0.3) is 20.3 Å². The van der Waals surface area contributed by atoms with E-state index in [0.29, 0.717) is 5.82 Å². The molecule has 0 aliphatic heterocycles. The van der Waals surface area contributed by atoms with Gasteiger partial charge in [-0.05, 0) is 18.2 Å². The molecule has 0 saturated carbocycles. The molecule has 3 aromatic rings. The van der Waals surface area contributed by atoms with Gasteiger partial charge in [0.2, 0.25) is 0 Å². The standard InChI is InChI=1S/C10H7BrN4S/c11-5-1-2-7-6(3-5)8-9(16-7)10(15-12)14-4-13-8/h1-4H,12H2,(H,13,14,15). The van der Waals surface area contributed by atoms with Crippen LogP contribution in [0.4, 0.5) is 5.82 Å². The highest BCUT2D eigenvalue weighted by Crippen LogP contribution is 2.36. The van der Waals surface area contributed by atoms with Crippen LogP contribution in [0.1, 0.15) is 0 Å². The Morgan fingerprint density at radius 2 is 2.19 bits per heavy atom. The molecule has 3 N–H and O–H groups in total. The quantitative estimate of drug-likeness (QED) is 0.535. The van der Waals surface area contributed by atoms with Crippen molar-refractivity contribution in [3.8, 4) is 0 Å². The fourth-order valence-corrected chi connectivity index (χ4v) is 3.10.